The largest absolute Gasteiger partial charge is 0.198 e. The fourth-order valence-electron chi connectivity index (χ4n) is 1.67. The van der Waals surface area contributed by atoms with Gasteiger partial charge in [0.25, 0.3) is 0 Å². The number of thioether (sulfide) groups is 8. The number of rotatable bonds is 10. The standard InChI is InChI=1S/C16H15N3S8/c1-20-11-12(21-8-2-5-17)25-15(24-11)16-26-13(22-9-3-6-18)14(27-16)23-10-4-7-19/h2-4,8-10H2,1H3. The fourth-order valence-corrected chi connectivity index (χ4v) is 13.0. The Bertz CT molecular complexity index is 732. The van der Waals surface area contributed by atoms with Crippen LogP contribution in [0, 0.1) is 34.0 Å². The van der Waals surface area contributed by atoms with Crippen molar-refractivity contribution in [2.24, 2.45) is 0 Å². The Balaban J connectivity index is 2.05. The van der Waals surface area contributed by atoms with E-state index in [4.69, 9.17) is 15.8 Å². The SMILES string of the molecule is CSC1=C(SCCC#N)SC(=C2SC(SCCC#N)=C(SCCC#N)S2)S1. The summed E-state index contributed by atoms with van der Waals surface area (Å²) in [5.74, 6) is 2.43. The molecular formula is C16H15N3S8. The Morgan fingerprint density at radius 1 is 0.630 bits per heavy atom. The topological polar surface area (TPSA) is 71.4 Å². The van der Waals surface area contributed by atoms with Crippen molar-refractivity contribution in [2.45, 2.75) is 19.3 Å². The van der Waals surface area contributed by atoms with E-state index >= 15 is 0 Å². The van der Waals surface area contributed by atoms with E-state index in [-0.39, 0.29) is 0 Å². The van der Waals surface area contributed by atoms with E-state index in [1.807, 2.05) is 23.5 Å². The van der Waals surface area contributed by atoms with E-state index < -0.39 is 0 Å². The van der Waals surface area contributed by atoms with Crippen molar-refractivity contribution in [3.05, 3.63) is 25.4 Å². The second-order valence-corrected chi connectivity index (χ2v) is 14.4. The molecule has 0 amide bonds. The minimum absolute atomic E-state index is 0.544. The molecule has 27 heavy (non-hydrogen) atoms. The molecule has 0 bridgehead atoms. The van der Waals surface area contributed by atoms with Gasteiger partial charge in [0.1, 0.15) is 0 Å². The van der Waals surface area contributed by atoms with Gasteiger partial charge in [0, 0.05) is 36.5 Å². The fraction of sp³-hybridized carbons (Fsp3) is 0.438. The summed E-state index contributed by atoms with van der Waals surface area (Å²) in [4.78, 5) is 0. The zero-order chi connectivity index (χ0) is 19.5. The van der Waals surface area contributed by atoms with Crippen molar-refractivity contribution in [2.75, 3.05) is 23.5 Å². The van der Waals surface area contributed by atoms with Crippen molar-refractivity contribution in [1.82, 2.24) is 0 Å². The molecule has 2 aliphatic rings. The molecule has 11 heteroatoms. The van der Waals surface area contributed by atoms with Gasteiger partial charge < -0.3 is 0 Å². The summed E-state index contributed by atoms with van der Waals surface area (Å²) in [7, 11) is 0. The van der Waals surface area contributed by atoms with E-state index in [0.29, 0.717) is 19.3 Å². The number of hydrogen-bond acceptors (Lipinski definition) is 11. The Labute approximate surface area is 194 Å². The van der Waals surface area contributed by atoms with Crippen LogP contribution in [-0.2, 0) is 0 Å². The van der Waals surface area contributed by atoms with Gasteiger partial charge in [0.15, 0.2) is 0 Å². The molecule has 0 aromatic carbocycles. The molecule has 0 aliphatic carbocycles. The van der Waals surface area contributed by atoms with E-state index in [1.54, 1.807) is 70.6 Å². The second kappa shape index (κ2) is 13.7. The zero-order valence-corrected chi connectivity index (χ0v) is 20.9. The summed E-state index contributed by atoms with van der Waals surface area (Å²) < 4.78 is 7.75. The van der Waals surface area contributed by atoms with Crippen molar-refractivity contribution in [3.63, 3.8) is 0 Å². The summed E-state index contributed by atoms with van der Waals surface area (Å²) in [6.45, 7) is 0. The summed E-state index contributed by atoms with van der Waals surface area (Å²) in [5.41, 5.74) is 0. The van der Waals surface area contributed by atoms with Gasteiger partial charge in [-0.1, -0.05) is 47.0 Å². The van der Waals surface area contributed by atoms with Gasteiger partial charge in [0.05, 0.1) is 43.6 Å². The molecule has 3 nitrogen and oxygen atoms in total. The maximum Gasteiger partial charge on any atom is 0.0717 e. The van der Waals surface area contributed by atoms with Crippen LogP contribution in [-0.4, -0.2) is 23.5 Å². The molecule has 2 heterocycles. The quantitative estimate of drug-likeness (QED) is 0.275. The van der Waals surface area contributed by atoms with Crippen LogP contribution in [0.4, 0.5) is 0 Å². The molecule has 0 aromatic heterocycles. The third-order valence-electron chi connectivity index (χ3n) is 2.77. The molecule has 0 N–H and O–H groups in total. The van der Waals surface area contributed by atoms with Crippen LogP contribution >= 0.6 is 94.1 Å². The molecule has 2 rings (SSSR count). The van der Waals surface area contributed by atoms with Crippen LogP contribution in [0.5, 0.6) is 0 Å². The monoisotopic (exact) mass is 505 g/mol. The van der Waals surface area contributed by atoms with Gasteiger partial charge in [-0.25, -0.2) is 0 Å². The molecule has 0 radical (unpaired) electrons. The predicted octanol–water partition coefficient (Wildman–Crippen LogP) is 7.63. The van der Waals surface area contributed by atoms with Crippen molar-refractivity contribution >= 4 is 94.1 Å². The lowest BCUT2D eigenvalue weighted by Gasteiger charge is -2.02. The van der Waals surface area contributed by atoms with Gasteiger partial charge in [-0.05, 0) is 6.26 Å². The van der Waals surface area contributed by atoms with Crippen LogP contribution in [0.25, 0.3) is 0 Å². The first kappa shape index (κ1) is 23.8. The van der Waals surface area contributed by atoms with E-state index in [0.717, 1.165) is 17.3 Å². The first-order valence-electron chi connectivity index (χ1n) is 7.71. The van der Waals surface area contributed by atoms with Crippen LogP contribution in [0.3, 0.4) is 0 Å². The Morgan fingerprint density at radius 2 is 0.963 bits per heavy atom. The van der Waals surface area contributed by atoms with Gasteiger partial charge in [0.2, 0.25) is 0 Å². The third-order valence-corrected chi connectivity index (χ3v) is 14.2. The maximum atomic E-state index is 8.80. The summed E-state index contributed by atoms with van der Waals surface area (Å²) >= 11 is 14.3. The lowest BCUT2D eigenvalue weighted by Crippen LogP contribution is -1.79. The normalized spacial score (nSPS) is 16.7. The number of nitrogens with zero attached hydrogens (tertiary/aromatic N) is 3. The van der Waals surface area contributed by atoms with Crippen molar-refractivity contribution < 1.29 is 0 Å². The van der Waals surface area contributed by atoms with E-state index in [1.165, 1.54) is 25.4 Å². The highest BCUT2D eigenvalue weighted by Gasteiger charge is 2.30. The van der Waals surface area contributed by atoms with Gasteiger partial charge in [-0.3, -0.25) is 0 Å². The molecule has 142 valence electrons. The van der Waals surface area contributed by atoms with Crippen molar-refractivity contribution in [3.8, 4) is 18.2 Å². The van der Waals surface area contributed by atoms with Crippen LogP contribution in [0.1, 0.15) is 19.3 Å². The van der Waals surface area contributed by atoms with Gasteiger partial charge in [-0.15, -0.1) is 47.0 Å². The van der Waals surface area contributed by atoms with Crippen LogP contribution in [0.2, 0.25) is 0 Å². The smallest absolute Gasteiger partial charge is 0.0717 e. The molecular weight excluding hydrogens is 491 g/mol. The molecule has 0 spiro atoms. The average molecular weight is 506 g/mol. The van der Waals surface area contributed by atoms with E-state index in [9.17, 15) is 0 Å². The van der Waals surface area contributed by atoms with Crippen LogP contribution < -0.4 is 0 Å². The maximum absolute atomic E-state index is 8.80. The molecule has 2 aliphatic heterocycles. The second-order valence-electron chi connectivity index (χ2n) is 4.61. The minimum atomic E-state index is 0.544. The minimum Gasteiger partial charge on any atom is -0.198 e. The molecule has 0 unspecified atom stereocenters. The highest BCUT2D eigenvalue weighted by molar-refractivity contribution is 8.45. The molecule has 0 fully saturated rings. The highest BCUT2D eigenvalue weighted by Crippen LogP contribution is 2.65. The zero-order valence-electron chi connectivity index (χ0n) is 14.4. The Morgan fingerprint density at radius 3 is 1.30 bits per heavy atom. The highest BCUT2D eigenvalue weighted by atomic mass is 32.3. The lowest BCUT2D eigenvalue weighted by atomic mass is 10.6. The molecule has 0 saturated heterocycles. The lowest BCUT2D eigenvalue weighted by molar-refractivity contribution is 1.24. The summed E-state index contributed by atoms with van der Waals surface area (Å²) in [6, 6.07) is 6.61. The Kier molecular flexibility index (Phi) is 12.0. The first-order chi connectivity index (χ1) is 13.2. The van der Waals surface area contributed by atoms with Gasteiger partial charge in [-0.2, -0.15) is 15.8 Å². The Hall–Kier alpha value is 0.490. The molecule has 0 atom stereocenters. The van der Waals surface area contributed by atoms with Gasteiger partial charge >= 0.3 is 0 Å². The molecule has 0 aromatic rings. The number of nitriles is 3. The summed E-state index contributed by atoms with van der Waals surface area (Å²) in [6.07, 6.45) is 3.75. The van der Waals surface area contributed by atoms with E-state index in [2.05, 4.69) is 24.5 Å². The first-order valence-corrected chi connectivity index (χ1v) is 15.2. The average Bonchev–Trinajstić information content (AvgIpc) is 3.26. The molecule has 0 saturated carbocycles. The third kappa shape index (κ3) is 7.68. The van der Waals surface area contributed by atoms with Crippen molar-refractivity contribution in [1.29, 1.82) is 15.8 Å². The number of hydrogen-bond donors (Lipinski definition) is 0. The summed E-state index contributed by atoms with van der Waals surface area (Å²) in [5, 5.41) is 26.4. The van der Waals surface area contributed by atoms with Crippen LogP contribution in [0.15, 0.2) is 25.4 Å². The predicted molar refractivity (Wildman–Crippen MR) is 133 cm³/mol.